The monoisotopic (exact) mass is 693 g/mol. The van der Waals surface area contributed by atoms with Crippen molar-refractivity contribution < 1.29 is 8.83 Å². The summed E-state index contributed by atoms with van der Waals surface area (Å²) < 4.78 is 13.4. The highest BCUT2D eigenvalue weighted by Crippen LogP contribution is 2.56. The lowest BCUT2D eigenvalue weighted by Crippen LogP contribution is -2.17. The number of rotatable bonds is 5. The molecule has 3 heteroatoms. The maximum atomic E-state index is 6.84. The molecule has 8 aromatic carbocycles. The van der Waals surface area contributed by atoms with Gasteiger partial charge in [-0.15, -0.1) is 0 Å². The molecule has 11 rings (SSSR count). The van der Waals surface area contributed by atoms with E-state index in [9.17, 15) is 0 Å². The maximum absolute atomic E-state index is 6.84. The van der Waals surface area contributed by atoms with Crippen molar-refractivity contribution in [1.82, 2.24) is 0 Å². The van der Waals surface area contributed by atoms with Crippen LogP contribution in [0.2, 0.25) is 0 Å². The Kier molecular flexibility index (Phi) is 6.60. The zero-order valence-electron chi connectivity index (χ0n) is 30.0. The Morgan fingerprint density at radius 2 is 0.981 bits per heavy atom. The van der Waals surface area contributed by atoms with Crippen LogP contribution in [-0.2, 0) is 5.41 Å². The highest BCUT2D eigenvalue weighted by molar-refractivity contribution is 6.19. The predicted molar refractivity (Wildman–Crippen MR) is 224 cm³/mol. The third-order valence-corrected chi connectivity index (χ3v) is 11.5. The molecular formula is C51H35NO2. The van der Waals surface area contributed by atoms with Crippen LogP contribution in [0.15, 0.2) is 185 Å². The Bertz CT molecular complexity index is 3080. The number of nitrogens with zero attached hydrogens (tertiary/aromatic N) is 1. The van der Waals surface area contributed by atoms with Gasteiger partial charge >= 0.3 is 0 Å². The van der Waals surface area contributed by atoms with Crippen molar-refractivity contribution >= 4 is 60.9 Å². The summed E-state index contributed by atoms with van der Waals surface area (Å²) in [6.45, 7) is 4.72. The number of hydrogen-bond donors (Lipinski definition) is 0. The number of anilines is 3. The molecule has 0 aliphatic heterocycles. The van der Waals surface area contributed by atoms with Gasteiger partial charge in [-0.2, -0.15) is 0 Å². The lowest BCUT2D eigenvalue weighted by molar-refractivity contribution is 0.660. The Morgan fingerprint density at radius 1 is 0.426 bits per heavy atom. The fourth-order valence-corrected chi connectivity index (χ4v) is 8.99. The zero-order chi connectivity index (χ0) is 36.0. The van der Waals surface area contributed by atoms with Gasteiger partial charge in [0, 0.05) is 27.4 Å². The van der Waals surface area contributed by atoms with E-state index in [1.165, 1.54) is 33.4 Å². The Hall–Kier alpha value is -6.84. The predicted octanol–water partition coefficient (Wildman–Crippen LogP) is 14.6. The van der Waals surface area contributed by atoms with Crippen molar-refractivity contribution in [2.24, 2.45) is 0 Å². The standard InChI is InChI=1S/C51H35NO2/c1-51(2)40-24-11-9-20-36(40)47-39(33-18-7-4-8-19-33)30-34(31-41(47)51)52(42-25-14-28-45-48(42)37-21-10-12-27-44(37)53-45)43-26-15-29-46-49(43)38-23-13-22-35(50(38)54-46)32-16-5-3-6-17-32/h3-31H,1-2H3. The van der Waals surface area contributed by atoms with E-state index in [-0.39, 0.29) is 5.41 Å². The van der Waals surface area contributed by atoms with Crippen LogP contribution >= 0.6 is 0 Å². The van der Waals surface area contributed by atoms with Crippen molar-refractivity contribution in [3.63, 3.8) is 0 Å². The Balaban J connectivity index is 1.27. The molecule has 10 aromatic rings. The van der Waals surface area contributed by atoms with Crippen LogP contribution in [0, 0.1) is 0 Å². The molecule has 0 spiro atoms. The van der Waals surface area contributed by atoms with Gasteiger partial charge in [0.25, 0.3) is 0 Å². The first-order chi connectivity index (χ1) is 26.6. The van der Waals surface area contributed by atoms with E-state index < -0.39 is 0 Å². The van der Waals surface area contributed by atoms with Gasteiger partial charge < -0.3 is 13.7 Å². The minimum absolute atomic E-state index is 0.218. The van der Waals surface area contributed by atoms with Crippen LogP contribution in [-0.4, -0.2) is 0 Å². The molecule has 3 nitrogen and oxygen atoms in total. The first kappa shape index (κ1) is 30.8. The molecule has 0 bridgehead atoms. The third kappa shape index (κ3) is 4.42. The molecule has 2 heterocycles. The molecule has 0 saturated heterocycles. The first-order valence-electron chi connectivity index (χ1n) is 18.6. The van der Waals surface area contributed by atoms with E-state index in [1.807, 2.05) is 6.07 Å². The molecule has 0 unspecified atom stereocenters. The minimum Gasteiger partial charge on any atom is -0.456 e. The van der Waals surface area contributed by atoms with Crippen LogP contribution in [0.3, 0.4) is 0 Å². The second-order valence-electron chi connectivity index (χ2n) is 14.8. The minimum atomic E-state index is -0.218. The van der Waals surface area contributed by atoms with Gasteiger partial charge in [0.15, 0.2) is 0 Å². The summed E-state index contributed by atoms with van der Waals surface area (Å²) in [5.41, 5.74) is 16.3. The van der Waals surface area contributed by atoms with Crippen LogP contribution in [0.1, 0.15) is 25.0 Å². The molecule has 0 radical (unpaired) electrons. The molecule has 54 heavy (non-hydrogen) atoms. The Labute approximate surface area is 313 Å². The van der Waals surface area contributed by atoms with E-state index in [4.69, 9.17) is 8.83 Å². The fraction of sp³-hybridized carbons (Fsp3) is 0.0588. The average molecular weight is 694 g/mol. The second kappa shape index (κ2) is 11.6. The molecule has 0 saturated carbocycles. The van der Waals surface area contributed by atoms with Crippen molar-refractivity contribution in [2.45, 2.75) is 19.3 Å². The molecule has 256 valence electrons. The summed E-state index contributed by atoms with van der Waals surface area (Å²) in [4.78, 5) is 2.45. The average Bonchev–Trinajstić information content (AvgIpc) is 3.87. The molecule has 2 aromatic heterocycles. The van der Waals surface area contributed by atoms with Crippen LogP contribution in [0.25, 0.3) is 77.3 Å². The van der Waals surface area contributed by atoms with Gasteiger partial charge in [-0.25, -0.2) is 0 Å². The van der Waals surface area contributed by atoms with Gasteiger partial charge in [0.2, 0.25) is 0 Å². The van der Waals surface area contributed by atoms with E-state index in [2.05, 4.69) is 189 Å². The van der Waals surface area contributed by atoms with Crippen molar-refractivity contribution in [3.05, 3.63) is 187 Å². The molecule has 1 aliphatic carbocycles. The topological polar surface area (TPSA) is 29.5 Å². The number of para-hydroxylation sites is 2. The fourth-order valence-electron chi connectivity index (χ4n) is 8.99. The number of hydrogen-bond acceptors (Lipinski definition) is 3. The number of benzene rings is 8. The van der Waals surface area contributed by atoms with Crippen molar-refractivity contribution in [2.75, 3.05) is 4.90 Å². The summed E-state index contributed by atoms with van der Waals surface area (Å²) in [6, 6.07) is 62.8. The van der Waals surface area contributed by atoms with E-state index in [0.717, 1.165) is 72.1 Å². The largest absolute Gasteiger partial charge is 0.456 e. The highest BCUT2D eigenvalue weighted by Gasteiger charge is 2.38. The smallest absolute Gasteiger partial charge is 0.143 e. The summed E-state index contributed by atoms with van der Waals surface area (Å²) in [5, 5.41) is 4.31. The number of furan rings is 2. The van der Waals surface area contributed by atoms with Gasteiger partial charge in [-0.05, 0) is 81.4 Å². The molecule has 0 N–H and O–H groups in total. The van der Waals surface area contributed by atoms with Crippen LogP contribution in [0.5, 0.6) is 0 Å². The number of fused-ring (bicyclic) bond motifs is 9. The first-order valence-corrected chi connectivity index (χ1v) is 18.6. The SMILES string of the molecule is CC1(C)c2ccccc2-c2c(-c3ccccc3)cc(N(c3cccc4oc5ccccc5c34)c3cccc4oc5c(-c6ccccc6)cccc5c34)cc21. The molecular weight excluding hydrogens is 659 g/mol. The normalized spacial score (nSPS) is 13.1. The second-order valence-corrected chi connectivity index (χ2v) is 14.8. The van der Waals surface area contributed by atoms with Crippen LogP contribution < -0.4 is 4.90 Å². The van der Waals surface area contributed by atoms with E-state index in [1.54, 1.807) is 0 Å². The van der Waals surface area contributed by atoms with Crippen molar-refractivity contribution in [1.29, 1.82) is 0 Å². The van der Waals surface area contributed by atoms with Crippen molar-refractivity contribution in [3.8, 4) is 33.4 Å². The zero-order valence-corrected chi connectivity index (χ0v) is 30.0. The molecule has 0 amide bonds. The van der Waals surface area contributed by atoms with Gasteiger partial charge in [0.05, 0.1) is 22.1 Å². The molecule has 1 aliphatic rings. The van der Waals surface area contributed by atoms with E-state index >= 15 is 0 Å². The summed E-state index contributed by atoms with van der Waals surface area (Å²) in [6.07, 6.45) is 0. The highest BCUT2D eigenvalue weighted by atomic mass is 16.3. The maximum Gasteiger partial charge on any atom is 0.143 e. The van der Waals surface area contributed by atoms with E-state index in [0.29, 0.717) is 0 Å². The van der Waals surface area contributed by atoms with Gasteiger partial charge in [-0.1, -0.05) is 147 Å². The van der Waals surface area contributed by atoms with Gasteiger partial charge in [-0.3, -0.25) is 0 Å². The lowest BCUT2D eigenvalue weighted by Gasteiger charge is -2.30. The lowest BCUT2D eigenvalue weighted by atomic mass is 9.81. The molecule has 0 fully saturated rings. The summed E-state index contributed by atoms with van der Waals surface area (Å²) in [5.74, 6) is 0. The third-order valence-electron chi connectivity index (χ3n) is 11.5. The quantitative estimate of drug-likeness (QED) is 0.180. The summed E-state index contributed by atoms with van der Waals surface area (Å²) >= 11 is 0. The van der Waals surface area contributed by atoms with Gasteiger partial charge in [0.1, 0.15) is 22.3 Å². The Morgan fingerprint density at radius 3 is 1.74 bits per heavy atom. The van der Waals surface area contributed by atoms with Crippen LogP contribution in [0.4, 0.5) is 17.1 Å². The molecule has 0 atom stereocenters. The summed E-state index contributed by atoms with van der Waals surface area (Å²) in [7, 11) is 0.